The molecule has 5 nitrogen and oxygen atoms in total. The first-order valence-electron chi connectivity index (χ1n) is 7.07. The maximum absolute atomic E-state index is 13.6. The number of halogens is 1. The van der Waals surface area contributed by atoms with Crippen molar-refractivity contribution in [2.75, 3.05) is 5.32 Å². The summed E-state index contributed by atoms with van der Waals surface area (Å²) >= 11 is 0. The van der Waals surface area contributed by atoms with Crippen molar-refractivity contribution in [2.24, 2.45) is 5.92 Å². The van der Waals surface area contributed by atoms with Crippen molar-refractivity contribution in [1.82, 2.24) is 5.32 Å². The van der Waals surface area contributed by atoms with E-state index in [9.17, 15) is 14.0 Å². The van der Waals surface area contributed by atoms with Gasteiger partial charge in [-0.3, -0.25) is 0 Å². The third-order valence-corrected chi connectivity index (χ3v) is 3.93. The van der Waals surface area contributed by atoms with Gasteiger partial charge in [0.2, 0.25) is 0 Å². The lowest BCUT2D eigenvalue weighted by Gasteiger charge is -2.20. The number of urea groups is 1. The molecule has 2 rings (SSSR count). The predicted molar refractivity (Wildman–Crippen MR) is 76.9 cm³/mol. The summed E-state index contributed by atoms with van der Waals surface area (Å²) in [7, 11) is 0. The van der Waals surface area contributed by atoms with Crippen molar-refractivity contribution < 1.29 is 19.1 Å². The zero-order chi connectivity index (χ0) is 15.4. The van der Waals surface area contributed by atoms with E-state index in [0.717, 1.165) is 31.0 Å². The molecule has 1 aliphatic carbocycles. The Hall–Kier alpha value is -2.11. The summed E-state index contributed by atoms with van der Waals surface area (Å²) in [6.07, 6.45) is 4.52. The highest BCUT2D eigenvalue weighted by Gasteiger charge is 2.23. The normalized spacial score (nSPS) is 16.5. The Labute approximate surface area is 122 Å². The van der Waals surface area contributed by atoms with Gasteiger partial charge in [-0.2, -0.15) is 0 Å². The molecule has 0 aliphatic heterocycles. The first kappa shape index (κ1) is 15.3. The van der Waals surface area contributed by atoms with E-state index < -0.39 is 17.8 Å². The lowest BCUT2D eigenvalue weighted by atomic mass is 10.0. The molecule has 114 valence electrons. The Morgan fingerprint density at radius 2 is 2.00 bits per heavy atom. The van der Waals surface area contributed by atoms with E-state index in [4.69, 9.17) is 5.11 Å². The highest BCUT2D eigenvalue weighted by atomic mass is 19.1. The predicted octanol–water partition coefficient (Wildman–Crippen LogP) is 3.22. The summed E-state index contributed by atoms with van der Waals surface area (Å²) in [5.74, 6) is -1.38. The molecule has 0 spiro atoms. The smallest absolute Gasteiger partial charge is 0.335 e. The summed E-state index contributed by atoms with van der Waals surface area (Å²) in [5.41, 5.74) is -0.207. The van der Waals surface area contributed by atoms with Gasteiger partial charge in [0.15, 0.2) is 0 Å². The maximum atomic E-state index is 13.6. The Morgan fingerprint density at radius 3 is 2.62 bits per heavy atom. The summed E-state index contributed by atoms with van der Waals surface area (Å²) in [4.78, 5) is 22.7. The Balaban J connectivity index is 1.98. The van der Waals surface area contributed by atoms with E-state index >= 15 is 0 Å². The highest BCUT2D eigenvalue weighted by molar-refractivity contribution is 5.93. The van der Waals surface area contributed by atoms with Gasteiger partial charge < -0.3 is 15.7 Å². The van der Waals surface area contributed by atoms with Gasteiger partial charge in [-0.15, -0.1) is 0 Å². The van der Waals surface area contributed by atoms with Crippen molar-refractivity contribution in [3.63, 3.8) is 0 Å². The van der Waals surface area contributed by atoms with Crippen LogP contribution in [0.2, 0.25) is 0 Å². The highest BCUT2D eigenvalue weighted by Crippen LogP contribution is 2.27. The van der Waals surface area contributed by atoms with Crippen LogP contribution < -0.4 is 10.6 Å². The minimum absolute atomic E-state index is 0.0122. The van der Waals surface area contributed by atoms with Crippen molar-refractivity contribution in [3.05, 3.63) is 29.6 Å². The number of carboxylic acids is 1. The quantitative estimate of drug-likeness (QED) is 0.797. The van der Waals surface area contributed by atoms with Gasteiger partial charge in [0.05, 0.1) is 11.3 Å². The molecule has 3 N–H and O–H groups in total. The number of nitrogens with one attached hydrogen (secondary N) is 2. The number of carbonyl (C=O) groups excluding carboxylic acids is 1. The second kappa shape index (κ2) is 6.56. The molecule has 0 bridgehead atoms. The van der Waals surface area contributed by atoms with E-state index in [1.807, 2.05) is 6.92 Å². The molecule has 0 aromatic heterocycles. The zero-order valence-electron chi connectivity index (χ0n) is 11.9. The van der Waals surface area contributed by atoms with Crippen LogP contribution in [0, 0.1) is 11.7 Å². The van der Waals surface area contributed by atoms with Crippen LogP contribution in [0.4, 0.5) is 14.9 Å². The van der Waals surface area contributed by atoms with Crippen LogP contribution in [0.15, 0.2) is 18.2 Å². The first-order chi connectivity index (χ1) is 9.97. The molecule has 0 radical (unpaired) electrons. The van der Waals surface area contributed by atoms with Crippen LogP contribution in [0.5, 0.6) is 0 Å². The number of amides is 2. The third-order valence-electron chi connectivity index (χ3n) is 3.93. The first-order valence-corrected chi connectivity index (χ1v) is 7.07. The number of hydrogen-bond donors (Lipinski definition) is 3. The van der Waals surface area contributed by atoms with Crippen molar-refractivity contribution in [1.29, 1.82) is 0 Å². The molecule has 1 aromatic rings. The fraction of sp³-hybridized carbons (Fsp3) is 0.467. The number of hydrogen-bond acceptors (Lipinski definition) is 2. The number of benzene rings is 1. The fourth-order valence-electron chi connectivity index (χ4n) is 2.69. The molecule has 0 saturated heterocycles. The van der Waals surface area contributed by atoms with E-state index in [0.29, 0.717) is 5.92 Å². The lowest BCUT2D eigenvalue weighted by molar-refractivity contribution is 0.0697. The number of aromatic carboxylic acids is 1. The van der Waals surface area contributed by atoms with Gasteiger partial charge >= 0.3 is 12.0 Å². The molecular weight excluding hydrogens is 275 g/mol. The fourth-order valence-corrected chi connectivity index (χ4v) is 2.69. The number of rotatable bonds is 4. The minimum Gasteiger partial charge on any atom is -0.478 e. The van der Waals surface area contributed by atoms with Crippen LogP contribution in [-0.2, 0) is 0 Å². The van der Waals surface area contributed by atoms with Crippen LogP contribution >= 0.6 is 0 Å². The van der Waals surface area contributed by atoms with E-state index in [-0.39, 0.29) is 17.3 Å². The zero-order valence-corrected chi connectivity index (χ0v) is 11.9. The van der Waals surface area contributed by atoms with Gasteiger partial charge in [0.25, 0.3) is 0 Å². The van der Waals surface area contributed by atoms with E-state index in [1.54, 1.807) is 0 Å². The molecule has 1 unspecified atom stereocenters. The van der Waals surface area contributed by atoms with Gasteiger partial charge in [-0.25, -0.2) is 14.0 Å². The molecule has 1 aliphatic rings. The van der Waals surface area contributed by atoms with E-state index in [1.165, 1.54) is 12.8 Å². The van der Waals surface area contributed by atoms with Crippen LogP contribution in [0.3, 0.4) is 0 Å². The molecule has 1 aromatic carbocycles. The standard InChI is InChI=1S/C15H19FN2O3/c1-9(10-4-2-3-5-10)17-15(21)18-13-8-11(14(19)20)6-7-12(13)16/h6-10H,2-5H2,1H3,(H,19,20)(H2,17,18,21). The van der Waals surface area contributed by atoms with Crippen LogP contribution in [-0.4, -0.2) is 23.1 Å². The number of carboxylic acid groups (broad SMARTS) is 1. The monoisotopic (exact) mass is 294 g/mol. The largest absolute Gasteiger partial charge is 0.478 e. The van der Waals surface area contributed by atoms with Crippen LogP contribution in [0.1, 0.15) is 43.0 Å². The van der Waals surface area contributed by atoms with Gasteiger partial charge in [0.1, 0.15) is 5.82 Å². The topological polar surface area (TPSA) is 78.4 Å². The molecule has 2 amide bonds. The Morgan fingerprint density at radius 1 is 1.33 bits per heavy atom. The summed E-state index contributed by atoms with van der Waals surface area (Å²) in [5, 5.41) is 14.0. The molecular formula is C15H19FN2O3. The van der Waals surface area contributed by atoms with Crippen molar-refractivity contribution in [2.45, 2.75) is 38.6 Å². The Bertz CT molecular complexity index is 542. The second-order valence-electron chi connectivity index (χ2n) is 5.43. The average molecular weight is 294 g/mol. The molecule has 21 heavy (non-hydrogen) atoms. The number of anilines is 1. The van der Waals surface area contributed by atoms with Gasteiger partial charge in [-0.05, 0) is 43.9 Å². The van der Waals surface area contributed by atoms with Crippen molar-refractivity contribution in [3.8, 4) is 0 Å². The average Bonchev–Trinajstić information content (AvgIpc) is 2.95. The Kier molecular flexibility index (Phi) is 4.77. The maximum Gasteiger partial charge on any atom is 0.335 e. The minimum atomic E-state index is -1.17. The third kappa shape index (κ3) is 3.93. The number of carbonyl (C=O) groups is 2. The molecule has 1 saturated carbocycles. The molecule has 6 heteroatoms. The molecule has 1 fully saturated rings. The lowest BCUT2D eigenvalue weighted by Crippen LogP contribution is -2.40. The molecule has 1 atom stereocenters. The summed E-state index contributed by atoms with van der Waals surface area (Å²) in [6, 6.07) is 2.79. The van der Waals surface area contributed by atoms with Gasteiger partial charge in [-0.1, -0.05) is 12.8 Å². The summed E-state index contributed by atoms with van der Waals surface area (Å²) < 4.78 is 13.6. The van der Waals surface area contributed by atoms with Crippen LogP contribution in [0.25, 0.3) is 0 Å². The molecule has 0 heterocycles. The second-order valence-corrected chi connectivity index (χ2v) is 5.43. The van der Waals surface area contributed by atoms with E-state index in [2.05, 4.69) is 10.6 Å². The van der Waals surface area contributed by atoms with Gasteiger partial charge in [0, 0.05) is 6.04 Å². The summed E-state index contributed by atoms with van der Waals surface area (Å²) in [6.45, 7) is 1.93. The van der Waals surface area contributed by atoms with Crippen molar-refractivity contribution >= 4 is 17.7 Å². The SMILES string of the molecule is CC(NC(=O)Nc1cc(C(=O)O)ccc1F)C1CCCC1.